The van der Waals surface area contributed by atoms with Gasteiger partial charge in [0, 0.05) is 62.9 Å². The minimum absolute atomic E-state index is 0.0134. The molecule has 2 aromatic carbocycles. The van der Waals surface area contributed by atoms with Crippen LogP contribution in [0.4, 0.5) is 24.2 Å². The Hall–Kier alpha value is -3.94. The first-order chi connectivity index (χ1) is 24.9. The van der Waals surface area contributed by atoms with E-state index in [-0.39, 0.29) is 42.1 Å². The summed E-state index contributed by atoms with van der Waals surface area (Å²) in [6.45, 7) is 8.63. The summed E-state index contributed by atoms with van der Waals surface area (Å²) in [6.07, 6.45) is 1.26. The van der Waals surface area contributed by atoms with Crippen molar-refractivity contribution in [3.05, 3.63) is 52.0 Å². The molecule has 4 fully saturated rings. The van der Waals surface area contributed by atoms with Crippen LogP contribution >= 0.6 is 15.9 Å². The van der Waals surface area contributed by atoms with Crippen molar-refractivity contribution in [3.63, 3.8) is 0 Å². The lowest BCUT2D eigenvalue weighted by Gasteiger charge is -2.53. The number of nitrogens with zero attached hydrogens (tertiary/aromatic N) is 5. The molecule has 1 saturated carbocycles. The molecule has 4 aliphatic rings. The van der Waals surface area contributed by atoms with Crippen LogP contribution in [0.15, 0.2) is 40.9 Å². The van der Waals surface area contributed by atoms with Gasteiger partial charge in [-0.2, -0.15) is 9.97 Å². The highest BCUT2D eigenvalue weighted by Crippen LogP contribution is 2.50. The lowest BCUT2D eigenvalue weighted by molar-refractivity contribution is -0.0434. The maximum atomic E-state index is 13.5. The molecule has 52 heavy (non-hydrogen) atoms. The molecule has 0 bridgehead atoms. The van der Waals surface area contributed by atoms with E-state index in [2.05, 4.69) is 26.9 Å². The van der Waals surface area contributed by atoms with Crippen molar-refractivity contribution >= 4 is 44.8 Å². The van der Waals surface area contributed by atoms with Crippen molar-refractivity contribution in [2.45, 2.75) is 90.0 Å². The number of hydrogen-bond acceptors (Lipinski definition) is 9. The van der Waals surface area contributed by atoms with Crippen LogP contribution in [0.5, 0.6) is 11.8 Å². The van der Waals surface area contributed by atoms with Crippen LogP contribution in [0.2, 0.25) is 0 Å². The number of ether oxygens (including phenoxy) is 4. The molecule has 2 amide bonds. The Balaban J connectivity index is 1.09. The van der Waals surface area contributed by atoms with Gasteiger partial charge in [0.2, 0.25) is 0 Å². The molecular weight excluding hydrogens is 740 g/mol. The molecule has 0 atom stereocenters. The Labute approximate surface area is 311 Å². The molecular formula is C38H46BrF2N5O6. The number of hydrogen-bond donors (Lipinski definition) is 0. The minimum atomic E-state index is -2.66. The maximum Gasteiger partial charge on any atom is 0.410 e. The summed E-state index contributed by atoms with van der Waals surface area (Å²) in [7, 11) is 0. The van der Waals surface area contributed by atoms with Crippen LogP contribution in [0.1, 0.15) is 76.3 Å². The monoisotopic (exact) mass is 785 g/mol. The number of aromatic nitrogens is 2. The summed E-state index contributed by atoms with van der Waals surface area (Å²) in [4.78, 5) is 40.9. The summed E-state index contributed by atoms with van der Waals surface area (Å²) in [6, 6.07) is 11.8. The van der Waals surface area contributed by atoms with Gasteiger partial charge < -0.3 is 33.6 Å². The van der Waals surface area contributed by atoms with E-state index in [1.165, 1.54) is 0 Å². The first-order valence-corrected chi connectivity index (χ1v) is 19.0. The zero-order chi connectivity index (χ0) is 36.6. The molecule has 280 valence electrons. The number of halogens is 3. The van der Waals surface area contributed by atoms with Gasteiger partial charge in [-0.25, -0.2) is 18.4 Å². The lowest BCUT2D eigenvalue weighted by atomic mass is 9.72. The minimum Gasteiger partial charge on any atom is -0.484 e. The van der Waals surface area contributed by atoms with E-state index in [1.807, 2.05) is 51.1 Å². The smallest absolute Gasteiger partial charge is 0.410 e. The van der Waals surface area contributed by atoms with Gasteiger partial charge in [0.15, 0.2) is 5.75 Å². The van der Waals surface area contributed by atoms with E-state index in [0.29, 0.717) is 73.8 Å². The van der Waals surface area contributed by atoms with Crippen LogP contribution in [0.25, 0.3) is 10.9 Å². The molecule has 0 unspecified atom stereocenters. The average molecular weight is 787 g/mol. The van der Waals surface area contributed by atoms with E-state index < -0.39 is 18.6 Å². The Morgan fingerprint density at radius 1 is 0.962 bits per heavy atom. The average Bonchev–Trinajstić information content (AvgIpc) is 3.94. The van der Waals surface area contributed by atoms with E-state index in [0.717, 1.165) is 42.2 Å². The second kappa shape index (κ2) is 14.8. The topological polar surface area (TPSA) is 107 Å². The molecule has 14 heteroatoms. The number of fused-ring (bicyclic) bond motifs is 1. The van der Waals surface area contributed by atoms with E-state index >= 15 is 0 Å². The fourth-order valence-corrected chi connectivity index (χ4v) is 8.05. The number of amides is 2. The normalized spacial score (nSPS) is 19.2. The molecule has 0 N–H and O–H groups in total. The van der Waals surface area contributed by atoms with Crippen molar-refractivity contribution in [2.75, 3.05) is 50.8 Å². The number of carbonyl (C=O) groups excluding carboxylic acids is 2. The quantitative estimate of drug-likeness (QED) is 0.214. The van der Waals surface area contributed by atoms with Gasteiger partial charge in [-0.15, -0.1) is 0 Å². The van der Waals surface area contributed by atoms with Gasteiger partial charge in [0.25, 0.3) is 6.43 Å². The predicted molar refractivity (Wildman–Crippen MR) is 194 cm³/mol. The molecule has 1 aromatic heterocycles. The summed E-state index contributed by atoms with van der Waals surface area (Å²) >= 11 is 3.68. The SMILES string of the molecule is CC(C)(C)OC(=O)N1CC2(CCN(c3nc(OC4CCN(C(=O)OCc5ccccc5)CC4)nc4c(OCC(F)F)c(Br)c(C5CC5)cc34)CC2)C1. The van der Waals surface area contributed by atoms with Crippen molar-refractivity contribution in [1.29, 1.82) is 0 Å². The van der Waals surface area contributed by atoms with Gasteiger partial charge in [-0.3, -0.25) is 0 Å². The molecule has 3 aromatic rings. The highest BCUT2D eigenvalue weighted by molar-refractivity contribution is 9.10. The van der Waals surface area contributed by atoms with Crippen molar-refractivity contribution in [1.82, 2.24) is 19.8 Å². The van der Waals surface area contributed by atoms with Crippen LogP contribution in [-0.2, 0) is 16.1 Å². The third-order valence-corrected chi connectivity index (χ3v) is 11.1. The Bertz CT molecular complexity index is 1770. The van der Waals surface area contributed by atoms with E-state index in [9.17, 15) is 18.4 Å². The zero-order valence-electron chi connectivity index (χ0n) is 29.9. The third kappa shape index (κ3) is 8.31. The number of rotatable bonds is 9. The number of benzene rings is 2. The zero-order valence-corrected chi connectivity index (χ0v) is 31.5. The summed E-state index contributed by atoms with van der Waals surface area (Å²) < 4.78 is 50.9. The van der Waals surface area contributed by atoms with Crippen molar-refractivity contribution in [3.8, 4) is 11.8 Å². The maximum absolute atomic E-state index is 13.5. The lowest BCUT2D eigenvalue weighted by Crippen LogP contribution is -2.62. The largest absolute Gasteiger partial charge is 0.484 e. The number of likely N-dealkylation sites (tertiary alicyclic amines) is 2. The molecule has 1 aliphatic carbocycles. The summed E-state index contributed by atoms with van der Waals surface area (Å²) in [5.41, 5.74) is 1.81. The van der Waals surface area contributed by atoms with Crippen LogP contribution < -0.4 is 14.4 Å². The van der Waals surface area contributed by atoms with Gasteiger partial charge in [-0.1, -0.05) is 30.3 Å². The van der Waals surface area contributed by atoms with Crippen molar-refractivity contribution < 1.29 is 37.3 Å². The number of anilines is 1. The summed E-state index contributed by atoms with van der Waals surface area (Å²) in [5.74, 6) is 1.25. The second-order valence-electron chi connectivity index (χ2n) is 15.5. The first-order valence-electron chi connectivity index (χ1n) is 18.2. The molecule has 4 heterocycles. The van der Waals surface area contributed by atoms with Gasteiger partial charge in [-0.05, 0) is 85.5 Å². The highest BCUT2D eigenvalue weighted by Gasteiger charge is 2.48. The standard InChI is InChI=1S/C38H46BrF2N5O6/c1-37(2,3)52-36(48)46-22-38(23-46)13-17-44(18-14-38)33-28-19-27(25-9-10-25)30(39)32(49-21-29(40)41)31(28)42-34(43-33)51-26-11-15-45(16-12-26)35(47)50-20-24-7-5-4-6-8-24/h4-8,19,25-26,29H,9-18,20-23H2,1-3H3. The predicted octanol–water partition coefficient (Wildman–Crippen LogP) is 7.93. The van der Waals surface area contributed by atoms with Gasteiger partial charge in [0.05, 0.1) is 4.47 Å². The Morgan fingerprint density at radius 3 is 2.29 bits per heavy atom. The third-order valence-electron chi connectivity index (χ3n) is 10.2. The first kappa shape index (κ1) is 36.4. The second-order valence-corrected chi connectivity index (χ2v) is 16.3. The Morgan fingerprint density at radius 2 is 1.65 bits per heavy atom. The number of alkyl halides is 2. The number of carbonyl (C=O) groups is 2. The van der Waals surface area contributed by atoms with Crippen LogP contribution in [-0.4, -0.2) is 96.0 Å². The molecule has 11 nitrogen and oxygen atoms in total. The molecule has 0 radical (unpaired) electrons. The van der Waals surface area contributed by atoms with E-state index in [4.69, 9.17) is 28.9 Å². The van der Waals surface area contributed by atoms with E-state index in [1.54, 1.807) is 9.80 Å². The van der Waals surface area contributed by atoms with Crippen LogP contribution in [0.3, 0.4) is 0 Å². The van der Waals surface area contributed by atoms with Gasteiger partial charge >= 0.3 is 18.2 Å². The Kier molecular flexibility index (Phi) is 10.4. The molecule has 3 aliphatic heterocycles. The van der Waals surface area contributed by atoms with Gasteiger partial charge in [0.1, 0.15) is 36.3 Å². The number of piperidine rings is 2. The molecule has 1 spiro atoms. The molecule has 7 rings (SSSR count). The van der Waals surface area contributed by atoms with Crippen molar-refractivity contribution in [2.24, 2.45) is 5.41 Å². The fraction of sp³-hybridized carbons (Fsp3) is 0.579. The molecule has 3 saturated heterocycles. The summed E-state index contributed by atoms with van der Waals surface area (Å²) in [5, 5.41) is 0.734. The highest BCUT2D eigenvalue weighted by atomic mass is 79.9. The fourth-order valence-electron chi connectivity index (χ4n) is 7.30. The van der Waals surface area contributed by atoms with Crippen LogP contribution in [0, 0.1) is 5.41 Å².